The first-order valence-corrected chi connectivity index (χ1v) is 5.57. The maximum atomic E-state index is 11.3. The second-order valence-corrected chi connectivity index (χ2v) is 3.34. The summed E-state index contributed by atoms with van der Waals surface area (Å²) in [4.78, 5) is 21.8. The maximum absolute atomic E-state index is 11.3. The zero-order chi connectivity index (χ0) is 13.5. The van der Waals surface area contributed by atoms with Gasteiger partial charge in [0.15, 0.2) is 11.5 Å². The number of carbonyl (C=O) groups is 2. The van der Waals surface area contributed by atoms with Crippen LogP contribution in [0.25, 0.3) is 0 Å². The molecule has 0 saturated carbocycles. The minimum absolute atomic E-state index is 0.175. The van der Waals surface area contributed by atoms with Gasteiger partial charge in [0.1, 0.15) is 0 Å². The number of rotatable bonds is 7. The molecule has 0 fully saturated rings. The van der Waals surface area contributed by atoms with Crippen molar-refractivity contribution < 1.29 is 19.1 Å². The Morgan fingerprint density at radius 2 is 1.83 bits per heavy atom. The summed E-state index contributed by atoms with van der Waals surface area (Å²) in [5.41, 5.74) is 5.71. The Kier molecular flexibility index (Phi) is 4.98. The second kappa shape index (κ2) is 6.48. The number of nitrogens with one attached hydrogen (secondary N) is 1. The number of benzene rings is 1. The Balaban J connectivity index is 3.29. The van der Waals surface area contributed by atoms with Crippen molar-refractivity contribution in [2.24, 2.45) is 5.73 Å². The molecular formula is C12H16N2O4. The Hall–Kier alpha value is -2.24. The topological polar surface area (TPSA) is 90.6 Å². The van der Waals surface area contributed by atoms with Gasteiger partial charge in [-0.05, 0) is 19.9 Å². The van der Waals surface area contributed by atoms with Crippen LogP contribution in [-0.4, -0.2) is 25.5 Å². The van der Waals surface area contributed by atoms with Crippen LogP contribution in [0.3, 0.4) is 0 Å². The van der Waals surface area contributed by atoms with Crippen molar-refractivity contribution in [2.45, 2.75) is 13.8 Å². The van der Waals surface area contributed by atoms with Crippen molar-refractivity contribution in [2.75, 3.05) is 18.5 Å². The van der Waals surface area contributed by atoms with E-state index in [2.05, 4.69) is 5.32 Å². The molecule has 0 spiro atoms. The molecule has 6 heteroatoms. The molecule has 0 aromatic heterocycles. The van der Waals surface area contributed by atoms with Crippen molar-refractivity contribution in [1.29, 1.82) is 0 Å². The predicted octanol–water partition coefficient (Wildman–Crippen LogP) is 1.15. The number of primary amides is 1. The van der Waals surface area contributed by atoms with Gasteiger partial charge >= 0.3 is 0 Å². The number of carbonyl (C=O) groups excluding carboxylic acids is 2. The Bertz CT molecular complexity index is 446. The van der Waals surface area contributed by atoms with Gasteiger partial charge in [-0.15, -0.1) is 0 Å². The normalized spacial score (nSPS) is 9.67. The van der Waals surface area contributed by atoms with Crippen molar-refractivity contribution in [3.8, 4) is 11.5 Å². The largest absolute Gasteiger partial charge is 0.490 e. The molecule has 0 aliphatic rings. The lowest BCUT2D eigenvalue weighted by Gasteiger charge is -2.14. The molecule has 18 heavy (non-hydrogen) atoms. The third-order valence-corrected chi connectivity index (χ3v) is 2.16. The molecule has 0 atom stereocenters. The number of ether oxygens (including phenoxy) is 2. The highest BCUT2D eigenvalue weighted by Crippen LogP contribution is 2.33. The van der Waals surface area contributed by atoms with E-state index in [0.29, 0.717) is 36.8 Å². The molecule has 1 aromatic carbocycles. The molecule has 2 amide bonds. The number of amides is 2. The van der Waals surface area contributed by atoms with Crippen LogP contribution in [0.4, 0.5) is 5.69 Å². The zero-order valence-electron chi connectivity index (χ0n) is 10.4. The van der Waals surface area contributed by atoms with Gasteiger partial charge in [-0.2, -0.15) is 0 Å². The van der Waals surface area contributed by atoms with Crippen LogP contribution < -0.4 is 20.5 Å². The smallest absolute Gasteiger partial charge is 0.250 e. The van der Waals surface area contributed by atoms with Gasteiger partial charge in [-0.3, -0.25) is 9.59 Å². The van der Waals surface area contributed by atoms with Gasteiger partial charge < -0.3 is 20.5 Å². The van der Waals surface area contributed by atoms with E-state index >= 15 is 0 Å². The highest BCUT2D eigenvalue weighted by molar-refractivity contribution is 6.01. The summed E-state index contributed by atoms with van der Waals surface area (Å²) in [6.07, 6.45) is 0.470. The molecule has 0 aliphatic heterocycles. The summed E-state index contributed by atoms with van der Waals surface area (Å²) in [6.45, 7) is 4.51. The number of anilines is 1. The molecule has 1 rings (SSSR count). The Labute approximate surface area is 105 Å². The Morgan fingerprint density at radius 3 is 2.28 bits per heavy atom. The summed E-state index contributed by atoms with van der Waals surface area (Å²) in [5, 5.41) is 2.41. The predicted molar refractivity (Wildman–Crippen MR) is 67.0 cm³/mol. The molecule has 0 aliphatic carbocycles. The van der Waals surface area contributed by atoms with E-state index in [1.165, 1.54) is 12.1 Å². The fourth-order valence-corrected chi connectivity index (χ4v) is 1.48. The summed E-state index contributed by atoms with van der Waals surface area (Å²) in [6, 6.07) is 2.98. The van der Waals surface area contributed by atoms with Gasteiger partial charge in [-0.1, -0.05) is 0 Å². The first-order chi connectivity index (χ1) is 8.63. The van der Waals surface area contributed by atoms with Gasteiger partial charge in [0, 0.05) is 6.07 Å². The van der Waals surface area contributed by atoms with Gasteiger partial charge in [0.05, 0.1) is 24.5 Å². The molecular weight excluding hydrogens is 236 g/mol. The highest BCUT2D eigenvalue weighted by atomic mass is 16.5. The molecule has 1 aromatic rings. The first-order valence-electron chi connectivity index (χ1n) is 5.57. The average Bonchev–Trinajstić information content (AvgIpc) is 2.32. The van der Waals surface area contributed by atoms with E-state index in [1.54, 1.807) is 0 Å². The second-order valence-electron chi connectivity index (χ2n) is 3.34. The minimum Gasteiger partial charge on any atom is -0.490 e. The van der Waals surface area contributed by atoms with Gasteiger partial charge in [0.25, 0.3) is 5.91 Å². The van der Waals surface area contributed by atoms with Crippen LogP contribution in [0.2, 0.25) is 0 Å². The van der Waals surface area contributed by atoms with Crippen molar-refractivity contribution in [3.05, 3.63) is 17.7 Å². The highest BCUT2D eigenvalue weighted by Gasteiger charge is 2.15. The van der Waals surface area contributed by atoms with Gasteiger partial charge in [-0.25, -0.2) is 0 Å². The summed E-state index contributed by atoms with van der Waals surface area (Å²) in [5.74, 6) is 0.224. The molecule has 0 unspecified atom stereocenters. The van der Waals surface area contributed by atoms with Crippen LogP contribution in [0, 0.1) is 0 Å². The fourth-order valence-electron chi connectivity index (χ4n) is 1.48. The molecule has 0 bridgehead atoms. The van der Waals surface area contributed by atoms with E-state index in [4.69, 9.17) is 15.2 Å². The lowest BCUT2D eigenvalue weighted by Crippen LogP contribution is -2.15. The molecule has 0 saturated heterocycles. The standard InChI is InChI=1S/C12H16N2O4/c1-3-17-10-5-8(12(13)16)9(14-7-15)6-11(10)18-4-2/h5-7H,3-4H2,1-2H3,(H2,13,16)(H,14,15). The Morgan fingerprint density at radius 1 is 1.28 bits per heavy atom. The van der Waals surface area contributed by atoms with Crippen LogP contribution in [0.5, 0.6) is 11.5 Å². The first kappa shape index (κ1) is 13.8. The number of hydrogen-bond acceptors (Lipinski definition) is 4. The molecule has 6 nitrogen and oxygen atoms in total. The monoisotopic (exact) mass is 252 g/mol. The van der Waals surface area contributed by atoms with Crippen molar-refractivity contribution >= 4 is 18.0 Å². The van der Waals surface area contributed by atoms with Crippen LogP contribution in [-0.2, 0) is 4.79 Å². The van der Waals surface area contributed by atoms with Crippen molar-refractivity contribution in [1.82, 2.24) is 0 Å². The summed E-state index contributed by atoms with van der Waals surface area (Å²) >= 11 is 0. The van der Waals surface area contributed by atoms with E-state index in [-0.39, 0.29) is 5.56 Å². The third kappa shape index (κ3) is 3.13. The fraction of sp³-hybridized carbons (Fsp3) is 0.333. The van der Waals surface area contributed by atoms with E-state index in [9.17, 15) is 9.59 Å². The molecule has 0 heterocycles. The summed E-state index contributed by atoms with van der Waals surface area (Å²) < 4.78 is 10.7. The van der Waals surface area contributed by atoms with E-state index < -0.39 is 5.91 Å². The number of hydrogen-bond donors (Lipinski definition) is 2. The lowest BCUT2D eigenvalue weighted by atomic mass is 10.1. The zero-order valence-corrected chi connectivity index (χ0v) is 10.4. The molecule has 98 valence electrons. The number of nitrogens with two attached hydrogens (primary N) is 1. The minimum atomic E-state index is -0.650. The molecule has 0 radical (unpaired) electrons. The van der Waals surface area contributed by atoms with Gasteiger partial charge in [0.2, 0.25) is 6.41 Å². The maximum Gasteiger partial charge on any atom is 0.250 e. The van der Waals surface area contributed by atoms with Crippen molar-refractivity contribution in [3.63, 3.8) is 0 Å². The quantitative estimate of drug-likeness (QED) is 0.712. The van der Waals surface area contributed by atoms with E-state index in [1.807, 2.05) is 13.8 Å². The molecule has 3 N–H and O–H groups in total. The van der Waals surface area contributed by atoms with Crippen LogP contribution in [0.1, 0.15) is 24.2 Å². The SMILES string of the molecule is CCOc1cc(NC=O)c(C(N)=O)cc1OCC. The summed E-state index contributed by atoms with van der Waals surface area (Å²) in [7, 11) is 0. The van der Waals surface area contributed by atoms with Crippen LogP contribution in [0.15, 0.2) is 12.1 Å². The third-order valence-electron chi connectivity index (χ3n) is 2.16. The van der Waals surface area contributed by atoms with E-state index in [0.717, 1.165) is 0 Å². The van der Waals surface area contributed by atoms with Crippen LogP contribution >= 0.6 is 0 Å². The average molecular weight is 252 g/mol. The lowest BCUT2D eigenvalue weighted by molar-refractivity contribution is -0.105.